The van der Waals surface area contributed by atoms with Crippen LogP contribution in [0.2, 0.25) is 0 Å². The molecule has 0 fully saturated rings. The summed E-state index contributed by atoms with van der Waals surface area (Å²) in [4.78, 5) is 4.19. The lowest BCUT2D eigenvalue weighted by Crippen LogP contribution is -2.12. The minimum atomic E-state index is -0.314. The molecule has 0 atom stereocenters. The summed E-state index contributed by atoms with van der Waals surface area (Å²) in [5.74, 6) is -0.314. The van der Waals surface area contributed by atoms with Gasteiger partial charge in [0.05, 0.1) is 4.99 Å². The first-order valence-corrected chi connectivity index (χ1v) is 3.48. The number of aromatic nitrogens is 1. The second-order valence-electron chi connectivity index (χ2n) is 2.11. The van der Waals surface area contributed by atoms with E-state index >= 15 is 0 Å². The Morgan fingerprint density at radius 1 is 1.73 bits per heavy atom. The predicted molar refractivity (Wildman–Crippen MR) is 44.7 cm³/mol. The normalized spacial score (nSPS) is 9.55. The highest BCUT2D eigenvalue weighted by Crippen LogP contribution is 1.99. The van der Waals surface area contributed by atoms with Crippen LogP contribution in [0, 0.1) is 5.82 Å². The predicted octanol–water partition coefficient (Wildman–Crippen LogP) is 1.05. The third-order valence-electron chi connectivity index (χ3n) is 1.13. The van der Waals surface area contributed by atoms with E-state index in [9.17, 15) is 4.39 Å². The highest BCUT2D eigenvalue weighted by Gasteiger charge is 1.97. The van der Waals surface area contributed by atoms with Gasteiger partial charge < -0.3 is 5.73 Å². The first kappa shape index (κ1) is 8.07. The first-order chi connectivity index (χ1) is 5.18. The summed E-state index contributed by atoms with van der Waals surface area (Å²) in [6.45, 7) is 0. The largest absolute Gasteiger partial charge is 0.393 e. The van der Waals surface area contributed by atoms with E-state index in [0.29, 0.717) is 17.1 Å². The number of hydrogen-bond acceptors (Lipinski definition) is 2. The SMILES string of the molecule is NC(=S)Cc1cc(F)ccn1. The fourth-order valence-electron chi connectivity index (χ4n) is 0.724. The number of rotatable bonds is 2. The van der Waals surface area contributed by atoms with Gasteiger partial charge in [0.25, 0.3) is 0 Å². The van der Waals surface area contributed by atoms with Gasteiger partial charge in [-0.15, -0.1) is 0 Å². The van der Waals surface area contributed by atoms with Crippen molar-refractivity contribution in [3.63, 3.8) is 0 Å². The number of thiocarbonyl (C=S) groups is 1. The van der Waals surface area contributed by atoms with Crippen molar-refractivity contribution in [1.82, 2.24) is 4.98 Å². The smallest absolute Gasteiger partial charge is 0.126 e. The fourth-order valence-corrected chi connectivity index (χ4v) is 0.872. The van der Waals surface area contributed by atoms with Crippen molar-refractivity contribution in [3.05, 3.63) is 29.8 Å². The van der Waals surface area contributed by atoms with Gasteiger partial charge >= 0.3 is 0 Å². The zero-order chi connectivity index (χ0) is 8.27. The molecule has 0 saturated heterocycles. The van der Waals surface area contributed by atoms with Crippen LogP contribution >= 0.6 is 12.2 Å². The standard InChI is InChI=1S/C7H7FN2S/c8-5-1-2-10-6(3-5)4-7(9)11/h1-3H,4H2,(H2,9,11). The molecule has 1 heterocycles. The van der Waals surface area contributed by atoms with E-state index in [1.807, 2.05) is 0 Å². The summed E-state index contributed by atoms with van der Waals surface area (Å²) in [5.41, 5.74) is 5.81. The van der Waals surface area contributed by atoms with Crippen LogP contribution < -0.4 is 5.73 Å². The molecule has 0 bridgehead atoms. The second-order valence-corrected chi connectivity index (χ2v) is 2.63. The lowest BCUT2D eigenvalue weighted by molar-refractivity contribution is 0.623. The van der Waals surface area contributed by atoms with Gasteiger partial charge in [-0.25, -0.2) is 4.39 Å². The zero-order valence-electron chi connectivity index (χ0n) is 5.75. The molecule has 0 aliphatic rings. The van der Waals surface area contributed by atoms with Gasteiger partial charge in [0.1, 0.15) is 5.82 Å². The van der Waals surface area contributed by atoms with E-state index in [0.717, 1.165) is 0 Å². The Bertz CT molecular complexity index is 275. The van der Waals surface area contributed by atoms with Crippen molar-refractivity contribution in [2.45, 2.75) is 6.42 Å². The molecule has 0 aliphatic carbocycles. The second kappa shape index (κ2) is 3.39. The van der Waals surface area contributed by atoms with Crippen molar-refractivity contribution in [2.75, 3.05) is 0 Å². The molecule has 0 saturated carbocycles. The molecule has 58 valence electrons. The fraction of sp³-hybridized carbons (Fsp3) is 0.143. The van der Waals surface area contributed by atoms with Gasteiger partial charge in [-0.2, -0.15) is 0 Å². The molecule has 1 aromatic rings. The van der Waals surface area contributed by atoms with Crippen molar-refractivity contribution in [3.8, 4) is 0 Å². The Morgan fingerprint density at radius 3 is 3.00 bits per heavy atom. The van der Waals surface area contributed by atoms with Crippen LogP contribution in [0.15, 0.2) is 18.3 Å². The number of halogens is 1. The van der Waals surface area contributed by atoms with Crippen LogP contribution in [0.4, 0.5) is 4.39 Å². The highest BCUT2D eigenvalue weighted by atomic mass is 32.1. The molecule has 1 aromatic heterocycles. The molecule has 11 heavy (non-hydrogen) atoms. The Morgan fingerprint density at radius 2 is 2.45 bits per heavy atom. The average molecular weight is 170 g/mol. The maximum absolute atomic E-state index is 12.5. The van der Waals surface area contributed by atoms with Crippen LogP contribution in [-0.4, -0.2) is 9.97 Å². The Kier molecular flexibility index (Phi) is 2.48. The van der Waals surface area contributed by atoms with E-state index in [2.05, 4.69) is 17.2 Å². The highest BCUT2D eigenvalue weighted by molar-refractivity contribution is 7.80. The van der Waals surface area contributed by atoms with Gasteiger partial charge in [0.2, 0.25) is 0 Å². The molecule has 1 rings (SSSR count). The minimum Gasteiger partial charge on any atom is -0.393 e. The summed E-state index contributed by atoms with van der Waals surface area (Å²) in [6, 6.07) is 2.60. The van der Waals surface area contributed by atoms with Gasteiger partial charge in [0.15, 0.2) is 0 Å². The van der Waals surface area contributed by atoms with E-state index < -0.39 is 0 Å². The molecule has 0 radical (unpaired) electrons. The summed E-state index contributed by atoms with van der Waals surface area (Å²) >= 11 is 4.64. The summed E-state index contributed by atoms with van der Waals surface area (Å²) < 4.78 is 12.5. The van der Waals surface area contributed by atoms with E-state index in [4.69, 9.17) is 5.73 Å². The third-order valence-corrected chi connectivity index (χ3v) is 1.28. The molecule has 0 spiro atoms. The van der Waals surface area contributed by atoms with Gasteiger partial charge in [-0.1, -0.05) is 12.2 Å². The Labute approximate surface area is 69.2 Å². The third kappa shape index (κ3) is 2.59. The summed E-state index contributed by atoms with van der Waals surface area (Å²) in [7, 11) is 0. The molecule has 0 aliphatic heterocycles. The quantitative estimate of drug-likeness (QED) is 0.674. The van der Waals surface area contributed by atoms with Crippen molar-refractivity contribution in [2.24, 2.45) is 5.73 Å². The Balaban J connectivity index is 2.79. The molecule has 0 aromatic carbocycles. The number of nitrogens with two attached hydrogens (primary N) is 1. The van der Waals surface area contributed by atoms with E-state index in [1.165, 1.54) is 18.3 Å². The van der Waals surface area contributed by atoms with Gasteiger partial charge in [-0.3, -0.25) is 4.98 Å². The minimum absolute atomic E-state index is 0.314. The van der Waals surface area contributed by atoms with Crippen LogP contribution in [0.1, 0.15) is 5.69 Å². The van der Waals surface area contributed by atoms with Crippen LogP contribution in [0.3, 0.4) is 0 Å². The van der Waals surface area contributed by atoms with Gasteiger partial charge in [0, 0.05) is 18.3 Å². The number of hydrogen-bond donors (Lipinski definition) is 1. The zero-order valence-corrected chi connectivity index (χ0v) is 6.57. The maximum atomic E-state index is 12.5. The lowest BCUT2D eigenvalue weighted by Gasteiger charge is -1.96. The summed E-state index contributed by atoms with van der Waals surface area (Å²) in [5, 5.41) is 0. The molecule has 2 nitrogen and oxygen atoms in total. The molecule has 0 amide bonds. The van der Waals surface area contributed by atoms with Crippen LogP contribution in [-0.2, 0) is 6.42 Å². The Hall–Kier alpha value is -1.03. The summed E-state index contributed by atoms with van der Waals surface area (Å²) in [6.07, 6.45) is 1.75. The van der Waals surface area contributed by atoms with Crippen LogP contribution in [0.25, 0.3) is 0 Å². The molecule has 2 N–H and O–H groups in total. The van der Waals surface area contributed by atoms with Crippen molar-refractivity contribution in [1.29, 1.82) is 0 Å². The number of pyridine rings is 1. The monoisotopic (exact) mass is 170 g/mol. The van der Waals surface area contributed by atoms with Crippen molar-refractivity contribution < 1.29 is 4.39 Å². The number of nitrogens with zero attached hydrogens (tertiary/aromatic N) is 1. The molecule has 0 unspecified atom stereocenters. The molecular formula is C7H7FN2S. The molecular weight excluding hydrogens is 163 g/mol. The molecule has 4 heteroatoms. The topological polar surface area (TPSA) is 38.9 Å². The van der Waals surface area contributed by atoms with Gasteiger partial charge in [-0.05, 0) is 12.1 Å². The first-order valence-electron chi connectivity index (χ1n) is 3.07. The van der Waals surface area contributed by atoms with E-state index in [1.54, 1.807) is 0 Å². The van der Waals surface area contributed by atoms with Crippen molar-refractivity contribution >= 4 is 17.2 Å². The average Bonchev–Trinajstić information content (AvgIpc) is 1.85. The lowest BCUT2D eigenvalue weighted by atomic mass is 10.3. The maximum Gasteiger partial charge on any atom is 0.126 e. The van der Waals surface area contributed by atoms with E-state index in [-0.39, 0.29) is 5.82 Å². The van der Waals surface area contributed by atoms with Crippen LogP contribution in [0.5, 0.6) is 0 Å².